The van der Waals surface area contributed by atoms with Crippen LogP contribution in [-0.4, -0.2) is 130 Å². The normalized spacial score (nSPS) is 16.2. The SMILES string of the molecule is CNC(=O)N(C[C@@H]1CN(C(=O)OCc2ccc(NC(=O)[C@H](CCCNC(N)=O)NC(=O)[C@@H](NC(=O)CCCCCN3C(=O)C=CC3=O)C(C)C)cc2)C[C@@H]1F)[C@@H](c1nc(-c2cc(C)ccc2F)cn1Cc1cccc(F)c1)C(C)(C)C. The number of unbranched alkanes of at least 4 members (excludes halogenated alkanes) is 2. The Bertz CT molecular complexity index is 2930. The first-order valence-electron chi connectivity index (χ1n) is 27.1. The van der Waals surface area contributed by atoms with Crippen molar-refractivity contribution in [1.82, 2.24) is 45.5 Å². The van der Waals surface area contributed by atoms with Crippen LogP contribution in [0.1, 0.15) is 102 Å². The number of carbonyl (C=O) groups is 8. The van der Waals surface area contributed by atoms with E-state index in [1.54, 1.807) is 73.1 Å². The molecule has 0 bridgehead atoms. The summed E-state index contributed by atoms with van der Waals surface area (Å²) in [5, 5.41) is 13.4. The number of imide groups is 1. The van der Waals surface area contributed by atoms with Gasteiger partial charge in [-0.2, -0.15) is 0 Å². The van der Waals surface area contributed by atoms with E-state index in [-0.39, 0.29) is 88.4 Å². The molecule has 3 aromatic carbocycles. The lowest BCUT2D eigenvalue weighted by Crippen LogP contribution is -2.54. The molecule has 1 aromatic heterocycles. The fourth-order valence-electron chi connectivity index (χ4n) is 9.78. The maximum absolute atomic E-state index is 16.2. The van der Waals surface area contributed by atoms with Gasteiger partial charge in [0.15, 0.2) is 0 Å². The predicted molar refractivity (Wildman–Crippen MR) is 296 cm³/mol. The first-order chi connectivity index (χ1) is 38.4. The van der Waals surface area contributed by atoms with Crippen LogP contribution in [0, 0.1) is 35.8 Å². The van der Waals surface area contributed by atoms with Gasteiger partial charge in [0.2, 0.25) is 17.7 Å². The van der Waals surface area contributed by atoms with Crippen LogP contribution in [0.25, 0.3) is 11.3 Å². The van der Waals surface area contributed by atoms with Crippen molar-refractivity contribution >= 4 is 53.4 Å². The number of aromatic nitrogens is 2. The van der Waals surface area contributed by atoms with Gasteiger partial charge < -0.3 is 51.4 Å². The number of nitrogens with two attached hydrogens (primary N) is 1. The molecule has 7 N–H and O–H groups in total. The molecule has 6 rings (SSSR count). The van der Waals surface area contributed by atoms with Gasteiger partial charge in [-0.05, 0) is 91.5 Å². The van der Waals surface area contributed by atoms with Crippen molar-refractivity contribution in [3.8, 4) is 11.3 Å². The zero-order valence-electron chi connectivity index (χ0n) is 46.9. The van der Waals surface area contributed by atoms with Gasteiger partial charge in [0, 0.05) is 81.7 Å². The number of urea groups is 2. The van der Waals surface area contributed by atoms with E-state index in [0.29, 0.717) is 47.6 Å². The van der Waals surface area contributed by atoms with Gasteiger partial charge in [0.25, 0.3) is 11.8 Å². The highest BCUT2D eigenvalue weighted by Gasteiger charge is 2.44. The Balaban J connectivity index is 1.07. The number of likely N-dealkylation sites (tertiary alicyclic amines) is 1. The zero-order chi connectivity index (χ0) is 59.1. The first kappa shape index (κ1) is 62.0. The molecule has 81 heavy (non-hydrogen) atoms. The lowest BCUT2D eigenvalue weighted by Gasteiger charge is -2.41. The van der Waals surface area contributed by atoms with Gasteiger partial charge in [0.05, 0.1) is 18.3 Å². The minimum Gasteiger partial charge on any atom is -0.445 e. The number of rotatable bonds is 25. The third-order valence-corrected chi connectivity index (χ3v) is 14.0. The summed E-state index contributed by atoms with van der Waals surface area (Å²) >= 11 is 0. The molecule has 2 aliphatic rings. The quantitative estimate of drug-likeness (QED) is 0.0292. The van der Waals surface area contributed by atoms with Crippen molar-refractivity contribution in [2.75, 3.05) is 45.1 Å². The molecule has 3 heterocycles. The number of alkyl halides is 1. The molecular weight excluding hydrogens is 1050 g/mol. The Kier molecular flexibility index (Phi) is 21.6. The summed E-state index contributed by atoms with van der Waals surface area (Å²) in [4.78, 5) is 112. The van der Waals surface area contributed by atoms with Gasteiger partial charge in [-0.3, -0.25) is 28.9 Å². The summed E-state index contributed by atoms with van der Waals surface area (Å²) in [7, 11) is 1.45. The number of amides is 10. The van der Waals surface area contributed by atoms with Crippen LogP contribution in [0.4, 0.5) is 33.2 Å². The molecule has 10 amide bonds. The van der Waals surface area contributed by atoms with Crippen LogP contribution < -0.4 is 32.3 Å². The minimum absolute atomic E-state index is 0.0847. The molecule has 0 unspecified atom stereocenters. The molecule has 23 heteroatoms. The van der Waals surface area contributed by atoms with Crippen molar-refractivity contribution in [3.05, 3.63) is 119 Å². The highest BCUT2D eigenvalue weighted by atomic mass is 19.1. The van der Waals surface area contributed by atoms with Gasteiger partial charge in [-0.25, -0.2) is 32.5 Å². The highest BCUT2D eigenvalue weighted by molar-refractivity contribution is 6.12. The standard InChI is InChI=1S/C58H74F3N11O9/c1-35(2)50(68-47(73)16-9-8-10-26-71-48(74)23-24-49(71)75)54(77)67-45(15-12-25-64-55(62)78)53(76)65-41-20-18-37(19-21-41)34-81-57(80)70-30-39(44(61)32-70)31-72(56(79)63-7)51(58(4,5)6)52-66-46(42-27-36(3)17-22-43(42)60)33-69(52)29-38-13-11-14-40(59)28-38/h11,13-14,17-24,27-28,33,35,39,44-45,50-51H,8-10,12,15-16,25-26,29-32,34H2,1-7H3,(H,63,79)(H,65,76)(H,67,77)(H,68,73)(H3,62,64,78)/t39-,44-,45-,50-,51-/m0/s1. The fraction of sp³-hybridized carbons (Fsp3) is 0.466. The van der Waals surface area contributed by atoms with Gasteiger partial charge in [0.1, 0.15) is 42.3 Å². The number of carbonyl (C=O) groups excluding carboxylic acids is 8. The number of primary amides is 1. The maximum atomic E-state index is 16.2. The van der Waals surface area contributed by atoms with Crippen LogP contribution in [0.15, 0.2) is 85.1 Å². The third-order valence-electron chi connectivity index (χ3n) is 14.0. The predicted octanol–water partition coefficient (Wildman–Crippen LogP) is 7.02. The second kappa shape index (κ2) is 28.3. The average Bonchev–Trinajstić information content (AvgIpc) is 4.13. The third kappa shape index (κ3) is 17.4. The molecule has 1 saturated heterocycles. The summed E-state index contributed by atoms with van der Waals surface area (Å²) in [6.07, 6.45) is 3.66. The summed E-state index contributed by atoms with van der Waals surface area (Å²) in [6.45, 7) is 10.7. The molecule has 20 nitrogen and oxygen atoms in total. The van der Waals surface area contributed by atoms with E-state index in [1.165, 1.54) is 47.2 Å². The van der Waals surface area contributed by atoms with E-state index < -0.39 is 83.1 Å². The molecule has 4 aromatic rings. The maximum Gasteiger partial charge on any atom is 0.410 e. The van der Waals surface area contributed by atoms with E-state index >= 15 is 8.78 Å². The lowest BCUT2D eigenvalue weighted by molar-refractivity contribution is -0.137. The van der Waals surface area contributed by atoms with Gasteiger partial charge in [-0.15, -0.1) is 0 Å². The number of halogens is 3. The first-order valence-corrected chi connectivity index (χ1v) is 27.1. The van der Waals surface area contributed by atoms with E-state index in [4.69, 9.17) is 15.5 Å². The molecule has 436 valence electrons. The fourth-order valence-corrected chi connectivity index (χ4v) is 9.78. The minimum atomic E-state index is -1.56. The number of hydrogen-bond acceptors (Lipinski definition) is 10. The van der Waals surface area contributed by atoms with E-state index in [1.807, 2.05) is 27.7 Å². The summed E-state index contributed by atoms with van der Waals surface area (Å²) in [5.41, 5.74) is 7.23. The van der Waals surface area contributed by atoms with Crippen molar-refractivity contribution in [3.63, 3.8) is 0 Å². The number of nitrogens with zero attached hydrogens (tertiary/aromatic N) is 5. The molecular formula is C58H74F3N11O9. The zero-order valence-corrected chi connectivity index (χ0v) is 46.9. The monoisotopic (exact) mass is 1130 g/mol. The second-order valence-corrected chi connectivity index (χ2v) is 21.9. The molecule has 0 radical (unpaired) electrons. The summed E-state index contributed by atoms with van der Waals surface area (Å²) in [6, 6.07) is 12.8. The molecule has 1 fully saturated rings. The van der Waals surface area contributed by atoms with E-state index in [9.17, 15) is 42.7 Å². The van der Waals surface area contributed by atoms with Crippen molar-refractivity contribution in [1.29, 1.82) is 0 Å². The van der Waals surface area contributed by atoms with Crippen molar-refractivity contribution in [2.45, 2.75) is 118 Å². The molecule has 0 saturated carbocycles. The van der Waals surface area contributed by atoms with Crippen molar-refractivity contribution in [2.24, 2.45) is 23.0 Å². The second-order valence-electron chi connectivity index (χ2n) is 21.9. The Morgan fingerprint density at radius 3 is 2.25 bits per heavy atom. The van der Waals surface area contributed by atoms with Gasteiger partial charge >= 0.3 is 18.2 Å². The molecule has 5 atom stereocenters. The number of hydrogen-bond donors (Lipinski definition) is 6. The number of benzene rings is 3. The number of aryl methyl sites for hydroxylation is 1. The number of anilines is 1. The summed E-state index contributed by atoms with van der Waals surface area (Å²) < 4.78 is 53.4. The van der Waals surface area contributed by atoms with Gasteiger partial charge in [-0.1, -0.05) is 76.9 Å². The Hall–Kier alpha value is -8.24. The smallest absolute Gasteiger partial charge is 0.410 e. The summed E-state index contributed by atoms with van der Waals surface area (Å²) in [5.74, 6) is -4.17. The van der Waals surface area contributed by atoms with Crippen LogP contribution in [0.3, 0.4) is 0 Å². The Morgan fingerprint density at radius 2 is 1.59 bits per heavy atom. The molecule has 0 spiro atoms. The van der Waals surface area contributed by atoms with Crippen LogP contribution in [0.2, 0.25) is 0 Å². The Labute approximate surface area is 469 Å². The largest absolute Gasteiger partial charge is 0.445 e. The van der Waals surface area contributed by atoms with Crippen LogP contribution >= 0.6 is 0 Å². The number of imidazole rings is 1. The Morgan fingerprint density at radius 1 is 0.877 bits per heavy atom. The molecule has 2 aliphatic heterocycles. The number of ether oxygens (including phenoxy) is 1. The van der Waals surface area contributed by atoms with Crippen LogP contribution in [-0.2, 0) is 41.9 Å². The highest BCUT2D eigenvalue weighted by Crippen LogP contribution is 2.41. The topological polar surface area (TPSA) is 260 Å². The van der Waals surface area contributed by atoms with E-state index in [2.05, 4.69) is 26.6 Å². The number of nitrogens with one attached hydrogen (secondary N) is 5. The average molecular weight is 1130 g/mol. The molecule has 0 aliphatic carbocycles. The van der Waals surface area contributed by atoms with Crippen molar-refractivity contribution < 1.29 is 56.3 Å². The van der Waals surface area contributed by atoms with E-state index in [0.717, 1.165) is 10.5 Å². The van der Waals surface area contributed by atoms with Crippen LogP contribution in [0.5, 0.6) is 0 Å². The lowest BCUT2D eigenvalue weighted by atomic mass is 9.84.